The summed E-state index contributed by atoms with van der Waals surface area (Å²) in [6.45, 7) is 2.19. The number of fused-ring (bicyclic) bond motifs is 1. The minimum absolute atomic E-state index is 0.000254. The van der Waals surface area contributed by atoms with Crippen LogP contribution < -0.4 is 15.0 Å². The van der Waals surface area contributed by atoms with Crippen LogP contribution in [0.5, 0.6) is 5.75 Å². The molecule has 1 heterocycles. The monoisotopic (exact) mass is 612 g/mol. The molecule has 0 saturated heterocycles. The number of alkyl halides is 3. The Bertz CT molecular complexity index is 1470. The zero-order valence-corrected chi connectivity index (χ0v) is 24.5. The van der Waals surface area contributed by atoms with E-state index in [-0.39, 0.29) is 62.5 Å². The smallest absolute Gasteiger partial charge is 0.422 e. The molecule has 0 unspecified atom stereocenters. The van der Waals surface area contributed by atoms with Crippen molar-refractivity contribution in [3.05, 3.63) is 95.1 Å². The lowest BCUT2D eigenvalue weighted by atomic mass is 10.1. The van der Waals surface area contributed by atoms with E-state index in [1.165, 1.54) is 23.1 Å². The van der Waals surface area contributed by atoms with Gasteiger partial charge in [-0.25, -0.2) is 4.79 Å². The first kappa shape index (κ1) is 32.3. The van der Waals surface area contributed by atoms with Gasteiger partial charge in [0.1, 0.15) is 5.75 Å². The Morgan fingerprint density at radius 3 is 2.43 bits per heavy atom. The van der Waals surface area contributed by atoms with E-state index in [9.17, 15) is 32.7 Å². The highest BCUT2D eigenvalue weighted by molar-refractivity contribution is 6.07. The Kier molecular flexibility index (Phi) is 10.5. The van der Waals surface area contributed by atoms with E-state index in [4.69, 9.17) is 4.74 Å². The van der Waals surface area contributed by atoms with E-state index in [1.54, 1.807) is 41.8 Å². The van der Waals surface area contributed by atoms with Crippen LogP contribution in [0, 0.1) is 6.92 Å². The van der Waals surface area contributed by atoms with Crippen molar-refractivity contribution in [2.24, 2.45) is 0 Å². The number of urea groups is 1. The van der Waals surface area contributed by atoms with Crippen LogP contribution in [0.3, 0.4) is 0 Å². The maximum Gasteiger partial charge on any atom is 0.422 e. The van der Waals surface area contributed by atoms with Crippen molar-refractivity contribution in [1.82, 2.24) is 15.1 Å². The van der Waals surface area contributed by atoms with Crippen LogP contribution in [0.4, 0.5) is 23.7 Å². The Hall–Kier alpha value is -4.58. The SMILES string of the molecule is Cc1cc(OCC(F)(F)F)ccc1C(=O)N1C[C@@H](C)N(C(=O)NCC(=O)N(CCO)Cc2ccccc2)Cc2ccccc21. The van der Waals surface area contributed by atoms with Gasteiger partial charge in [-0.05, 0) is 54.8 Å². The number of hydrogen-bond donors (Lipinski definition) is 2. The predicted molar refractivity (Wildman–Crippen MR) is 158 cm³/mol. The van der Waals surface area contributed by atoms with E-state index < -0.39 is 24.9 Å². The molecule has 1 aliphatic heterocycles. The molecule has 4 amide bonds. The average Bonchev–Trinajstić information content (AvgIpc) is 3.14. The highest BCUT2D eigenvalue weighted by Gasteiger charge is 2.33. The van der Waals surface area contributed by atoms with Crippen molar-refractivity contribution in [2.45, 2.75) is 39.2 Å². The number of para-hydroxylation sites is 1. The van der Waals surface area contributed by atoms with Gasteiger partial charge in [0.25, 0.3) is 5.91 Å². The van der Waals surface area contributed by atoms with Gasteiger partial charge in [-0.1, -0.05) is 48.5 Å². The summed E-state index contributed by atoms with van der Waals surface area (Å²) in [5.41, 5.74) is 2.93. The van der Waals surface area contributed by atoms with Gasteiger partial charge in [0.15, 0.2) is 6.61 Å². The number of benzene rings is 3. The maximum atomic E-state index is 13.8. The third kappa shape index (κ3) is 8.28. The number of hydrogen-bond acceptors (Lipinski definition) is 5. The number of nitrogens with one attached hydrogen (secondary N) is 1. The van der Waals surface area contributed by atoms with E-state index in [2.05, 4.69) is 5.32 Å². The van der Waals surface area contributed by atoms with Crippen LogP contribution in [0.15, 0.2) is 72.8 Å². The van der Waals surface area contributed by atoms with E-state index >= 15 is 0 Å². The first-order valence-corrected chi connectivity index (χ1v) is 14.1. The van der Waals surface area contributed by atoms with Gasteiger partial charge >= 0.3 is 12.2 Å². The van der Waals surface area contributed by atoms with Crippen molar-refractivity contribution in [2.75, 3.05) is 37.7 Å². The third-order valence-corrected chi connectivity index (χ3v) is 7.27. The molecule has 4 rings (SSSR count). The Morgan fingerprint density at radius 2 is 1.75 bits per heavy atom. The van der Waals surface area contributed by atoms with Crippen molar-refractivity contribution >= 4 is 23.5 Å². The number of ether oxygens (including phenoxy) is 1. The molecule has 0 bridgehead atoms. The molecule has 9 nitrogen and oxygen atoms in total. The zero-order chi connectivity index (χ0) is 31.9. The van der Waals surface area contributed by atoms with E-state index in [0.29, 0.717) is 16.8 Å². The van der Waals surface area contributed by atoms with Crippen LogP contribution in [-0.2, 0) is 17.9 Å². The van der Waals surface area contributed by atoms with E-state index in [1.807, 2.05) is 36.4 Å². The first-order valence-electron chi connectivity index (χ1n) is 14.1. The molecule has 1 atom stereocenters. The number of aryl methyl sites for hydroxylation is 1. The lowest BCUT2D eigenvalue weighted by molar-refractivity contribution is -0.153. The fourth-order valence-corrected chi connectivity index (χ4v) is 5.03. The summed E-state index contributed by atoms with van der Waals surface area (Å²) in [4.78, 5) is 44.7. The number of halogens is 3. The molecule has 1 aliphatic rings. The molecule has 3 aromatic carbocycles. The Balaban J connectivity index is 1.47. The topological polar surface area (TPSA) is 102 Å². The maximum absolute atomic E-state index is 13.8. The minimum atomic E-state index is -4.49. The number of rotatable bonds is 9. The number of amides is 4. The second-order valence-electron chi connectivity index (χ2n) is 10.6. The summed E-state index contributed by atoms with van der Waals surface area (Å²) in [6, 6.07) is 19.7. The van der Waals surface area contributed by atoms with Crippen LogP contribution in [0.2, 0.25) is 0 Å². The molecular formula is C32H35F3N4O5. The second-order valence-corrected chi connectivity index (χ2v) is 10.6. The molecule has 0 aromatic heterocycles. The number of nitrogens with zero attached hydrogens (tertiary/aromatic N) is 3. The molecule has 12 heteroatoms. The molecule has 0 aliphatic carbocycles. The summed E-state index contributed by atoms with van der Waals surface area (Å²) in [5.74, 6) is -0.726. The van der Waals surface area contributed by atoms with Gasteiger partial charge in [0.05, 0.1) is 13.2 Å². The lowest BCUT2D eigenvalue weighted by Crippen LogP contribution is -2.50. The third-order valence-electron chi connectivity index (χ3n) is 7.27. The fourth-order valence-electron chi connectivity index (χ4n) is 5.03. The van der Waals surface area contributed by atoms with Crippen molar-refractivity contribution in [3.8, 4) is 5.75 Å². The van der Waals surface area contributed by atoms with Gasteiger partial charge in [0, 0.05) is 43.5 Å². The first-order chi connectivity index (χ1) is 21.0. The molecule has 2 N–H and O–H groups in total. The highest BCUT2D eigenvalue weighted by Crippen LogP contribution is 2.30. The van der Waals surface area contributed by atoms with Gasteiger partial charge in [0.2, 0.25) is 5.91 Å². The normalized spacial score (nSPS) is 14.8. The quantitative estimate of drug-likeness (QED) is 0.370. The van der Waals surface area contributed by atoms with Crippen LogP contribution in [-0.4, -0.2) is 77.8 Å². The Labute approximate surface area is 253 Å². The Morgan fingerprint density at radius 1 is 1.05 bits per heavy atom. The summed E-state index contributed by atoms with van der Waals surface area (Å²) in [6.07, 6.45) is -4.49. The number of anilines is 1. The molecule has 234 valence electrons. The summed E-state index contributed by atoms with van der Waals surface area (Å²) in [7, 11) is 0. The van der Waals surface area contributed by atoms with E-state index in [0.717, 1.165) is 5.56 Å². The van der Waals surface area contributed by atoms with Gasteiger partial charge in [-0.3, -0.25) is 9.59 Å². The molecule has 0 fully saturated rings. The lowest BCUT2D eigenvalue weighted by Gasteiger charge is -2.30. The minimum Gasteiger partial charge on any atom is -0.484 e. The van der Waals surface area contributed by atoms with Crippen LogP contribution in [0.25, 0.3) is 0 Å². The highest BCUT2D eigenvalue weighted by atomic mass is 19.4. The fraction of sp³-hybridized carbons (Fsp3) is 0.344. The largest absolute Gasteiger partial charge is 0.484 e. The van der Waals surface area contributed by atoms with Crippen molar-refractivity contribution in [1.29, 1.82) is 0 Å². The van der Waals surface area contributed by atoms with Gasteiger partial charge in [-0.2, -0.15) is 13.2 Å². The van der Waals surface area contributed by atoms with Crippen LogP contribution >= 0.6 is 0 Å². The standard InChI is InChI=1S/C32H35F3N4O5/c1-22-16-26(44-21-32(33,34)35)12-13-27(22)30(42)39-18-23(2)38(20-25-10-6-7-11-28(25)39)31(43)36-17-29(41)37(14-15-40)19-24-8-4-3-5-9-24/h3-13,16,23,40H,14-15,17-21H2,1-2H3,(H,36,43)/t23-/m1/s1. The molecule has 44 heavy (non-hydrogen) atoms. The molecule has 0 radical (unpaired) electrons. The number of carbonyl (C=O) groups excluding carboxylic acids is 3. The summed E-state index contributed by atoms with van der Waals surface area (Å²) < 4.78 is 42.6. The predicted octanol–water partition coefficient (Wildman–Crippen LogP) is 4.52. The number of carbonyl (C=O) groups is 3. The molecule has 0 spiro atoms. The number of aliphatic hydroxyl groups is 1. The molecule has 3 aromatic rings. The van der Waals surface area contributed by atoms with Crippen LogP contribution in [0.1, 0.15) is 34.0 Å². The zero-order valence-electron chi connectivity index (χ0n) is 24.5. The second kappa shape index (κ2) is 14.3. The molecule has 0 saturated carbocycles. The summed E-state index contributed by atoms with van der Waals surface area (Å²) >= 11 is 0. The van der Waals surface area contributed by atoms with Crippen molar-refractivity contribution < 1.29 is 37.4 Å². The average molecular weight is 613 g/mol. The van der Waals surface area contributed by atoms with Gasteiger partial charge < -0.3 is 29.9 Å². The summed E-state index contributed by atoms with van der Waals surface area (Å²) in [5, 5.41) is 12.2. The van der Waals surface area contributed by atoms with Gasteiger partial charge in [-0.15, -0.1) is 0 Å². The molecular weight excluding hydrogens is 577 g/mol. The number of aliphatic hydroxyl groups excluding tert-OH is 1. The van der Waals surface area contributed by atoms with Crippen molar-refractivity contribution in [3.63, 3.8) is 0 Å².